The van der Waals surface area contributed by atoms with E-state index in [-0.39, 0.29) is 0 Å². The van der Waals surface area contributed by atoms with Crippen molar-refractivity contribution in [2.45, 2.75) is 39.5 Å². The third-order valence-corrected chi connectivity index (χ3v) is 3.25. The SMILES string of the molecule is CC1(C)CCC(/C=C/CBr)CC1. The second-order valence-corrected chi connectivity index (χ2v) is 5.23. The Labute approximate surface area is 84.6 Å². The molecule has 70 valence electrons. The largest absolute Gasteiger partial charge is 0.0883 e. The second kappa shape index (κ2) is 4.45. The lowest BCUT2D eigenvalue weighted by molar-refractivity contribution is 0.213. The summed E-state index contributed by atoms with van der Waals surface area (Å²) in [5.41, 5.74) is 0.610. The van der Waals surface area contributed by atoms with Crippen molar-refractivity contribution in [1.29, 1.82) is 0 Å². The molecule has 1 rings (SSSR count). The molecule has 1 aliphatic carbocycles. The van der Waals surface area contributed by atoms with Gasteiger partial charge in [0.25, 0.3) is 0 Å². The fourth-order valence-electron chi connectivity index (χ4n) is 1.86. The van der Waals surface area contributed by atoms with Crippen LogP contribution in [0, 0.1) is 11.3 Å². The summed E-state index contributed by atoms with van der Waals surface area (Å²) in [6.45, 7) is 4.77. The van der Waals surface area contributed by atoms with E-state index in [9.17, 15) is 0 Å². The van der Waals surface area contributed by atoms with Crippen LogP contribution in [0.25, 0.3) is 0 Å². The Hall–Kier alpha value is 0.220. The van der Waals surface area contributed by atoms with Crippen LogP contribution in [0.5, 0.6) is 0 Å². The van der Waals surface area contributed by atoms with Crippen molar-refractivity contribution in [2.24, 2.45) is 11.3 Å². The van der Waals surface area contributed by atoms with Crippen LogP contribution in [0.1, 0.15) is 39.5 Å². The molecule has 0 bridgehead atoms. The highest BCUT2D eigenvalue weighted by Gasteiger charge is 2.25. The number of alkyl halides is 1. The molecular weight excluding hydrogens is 212 g/mol. The van der Waals surface area contributed by atoms with Gasteiger partial charge in [0.1, 0.15) is 0 Å². The standard InChI is InChI=1S/C11H19Br/c1-11(2)7-5-10(6-8-11)4-3-9-12/h3-4,10H,5-9H2,1-2H3/b4-3+. The zero-order valence-corrected chi connectivity index (χ0v) is 9.73. The van der Waals surface area contributed by atoms with E-state index in [4.69, 9.17) is 0 Å². The van der Waals surface area contributed by atoms with Gasteiger partial charge in [0, 0.05) is 5.33 Å². The van der Waals surface area contributed by atoms with Crippen LogP contribution in [0.3, 0.4) is 0 Å². The minimum Gasteiger partial charge on any atom is -0.0883 e. The van der Waals surface area contributed by atoms with E-state index in [0.29, 0.717) is 5.41 Å². The molecule has 0 heterocycles. The molecule has 12 heavy (non-hydrogen) atoms. The van der Waals surface area contributed by atoms with Crippen LogP contribution in [-0.2, 0) is 0 Å². The molecular formula is C11H19Br. The number of allylic oxidation sites excluding steroid dienone is 2. The Morgan fingerprint density at radius 2 is 1.92 bits per heavy atom. The third-order valence-electron chi connectivity index (χ3n) is 2.88. The average molecular weight is 231 g/mol. The summed E-state index contributed by atoms with van der Waals surface area (Å²) in [4.78, 5) is 0. The molecule has 0 atom stereocenters. The summed E-state index contributed by atoms with van der Waals surface area (Å²) >= 11 is 3.41. The Kier molecular flexibility index (Phi) is 3.82. The summed E-state index contributed by atoms with van der Waals surface area (Å²) in [6.07, 6.45) is 10.2. The van der Waals surface area contributed by atoms with Crippen LogP contribution in [0.2, 0.25) is 0 Å². The Morgan fingerprint density at radius 3 is 2.42 bits per heavy atom. The van der Waals surface area contributed by atoms with Crippen molar-refractivity contribution in [3.63, 3.8) is 0 Å². The maximum absolute atomic E-state index is 3.41. The number of halogens is 1. The first-order valence-electron chi connectivity index (χ1n) is 4.87. The van der Waals surface area contributed by atoms with Gasteiger partial charge >= 0.3 is 0 Å². The van der Waals surface area contributed by atoms with Gasteiger partial charge < -0.3 is 0 Å². The normalized spacial score (nSPS) is 24.9. The zero-order chi connectivity index (χ0) is 9.03. The van der Waals surface area contributed by atoms with Gasteiger partial charge in [-0.05, 0) is 37.0 Å². The molecule has 0 aromatic heterocycles. The van der Waals surface area contributed by atoms with Gasteiger partial charge in [-0.3, -0.25) is 0 Å². The summed E-state index contributed by atoms with van der Waals surface area (Å²) in [7, 11) is 0. The Morgan fingerprint density at radius 1 is 1.33 bits per heavy atom. The van der Waals surface area contributed by atoms with Crippen LogP contribution < -0.4 is 0 Å². The predicted octanol–water partition coefficient (Wildman–Crippen LogP) is 4.15. The van der Waals surface area contributed by atoms with Crippen molar-refractivity contribution >= 4 is 15.9 Å². The highest BCUT2D eigenvalue weighted by atomic mass is 79.9. The molecule has 1 saturated carbocycles. The quantitative estimate of drug-likeness (QED) is 0.494. The molecule has 0 aliphatic heterocycles. The third kappa shape index (κ3) is 3.30. The lowest BCUT2D eigenvalue weighted by atomic mass is 9.73. The van der Waals surface area contributed by atoms with E-state index < -0.39 is 0 Å². The molecule has 0 spiro atoms. The molecule has 0 amide bonds. The van der Waals surface area contributed by atoms with Gasteiger partial charge in [-0.25, -0.2) is 0 Å². The first kappa shape index (κ1) is 10.3. The molecule has 0 aromatic carbocycles. The van der Waals surface area contributed by atoms with Crippen molar-refractivity contribution in [3.8, 4) is 0 Å². The molecule has 1 aliphatic rings. The molecule has 0 N–H and O–H groups in total. The van der Waals surface area contributed by atoms with Crippen molar-refractivity contribution in [3.05, 3.63) is 12.2 Å². The van der Waals surface area contributed by atoms with Gasteiger partial charge in [-0.2, -0.15) is 0 Å². The van der Waals surface area contributed by atoms with Gasteiger partial charge in [-0.1, -0.05) is 41.9 Å². The van der Waals surface area contributed by atoms with Gasteiger partial charge in [0.05, 0.1) is 0 Å². The summed E-state index contributed by atoms with van der Waals surface area (Å²) < 4.78 is 0. The highest BCUT2D eigenvalue weighted by Crippen LogP contribution is 2.38. The van der Waals surface area contributed by atoms with E-state index in [0.717, 1.165) is 11.2 Å². The summed E-state index contributed by atoms with van der Waals surface area (Å²) in [6, 6.07) is 0. The number of rotatable bonds is 2. The second-order valence-electron chi connectivity index (χ2n) is 4.58. The van der Waals surface area contributed by atoms with Gasteiger partial charge in [0.15, 0.2) is 0 Å². The smallest absolute Gasteiger partial charge is 0.0212 e. The topological polar surface area (TPSA) is 0 Å². The first-order valence-corrected chi connectivity index (χ1v) is 5.99. The van der Waals surface area contributed by atoms with Crippen LogP contribution in [-0.4, -0.2) is 5.33 Å². The van der Waals surface area contributed by atoms with Crippen LogP contribution in [0.4, 0.5) is 0 Å². The number of hydrogen-bond acceptors (Lipinski definition) is 0. The fraction of sp³-hybridized carbons (Fsp3) is 0.818. The maximum Gasteiger partial charge on any atom is 0.0212 e. The monoisotopic (exact) mass is 230 g/mol. The number of hydrogen-bond donors (Lipinski definition) is 0. The summed E-state index contributed by atoms with van der Waals surface area (Å²) in [5.74, 6) is 0.857. The van der Waals surface area contributed by atoms with Crippen molar-refractivity contribution < 1.29 is 0 Å². The molecule has 0 saturated heterocycles. The highest BCUT2D eigenvalue weighted by molar-refractivity contribution is 9.09. The van der Waals surface area contributed by atoms with E-state index in [1.54, 1.807) is 0 Å². The molecule has 1 fully saturated rings. The van der Waals surface area contributed by atoms with E-state index in [2.05, 4.69) is 41.9 Å². The van der Waals surface area contributed by atoms with Crippen molar-refractivity contribution in [2.75, 3.05) is 5.33 Å². The van der Waals surface area contributed by atoms with Gasteiger partial charge in [0.2, 0.25) is 0 Å². The Bertz CT molecular complexity index is 148. The summed E-state index contributed by atoms with van der Waals surface area (Å²) in [5, 5.41) is 1.01. The fourth-order valence-corrected chi connectivity index (χ4v) is 2.07. The lowest BCUT2D eigenvalue weighted by Crippen LogP contribution is -2.20. The molecule has 1 heteroatoms. The molecule has 0 radical (unpaired) electrons. The van der Waals surface area contributed by atoms with Gasteiger partial charge in [-0.15, -0.1) is 0 Å². The molecule has 0 aromatic rings. The van der Waals surface area contributed by atoms with Crippen LogP contribution >= 0.6 is 15.9 Å². The van der Waals surface area contributed by atoms with Crippen molar-refractivity contribution in [1.82, 2.24) is 0 Å². The lowest BCUT2D eigenvalue weighted by Gasteiger charge is -2.33. The minimum atomic E-state index is 0.610. The Balaban J connectivity index is 2.31. The van der Waals surface area contributed by atoms with E-state index in [1.807, 2.05) is 0 Å². The van der Waals surface area contributed by atoms with Crippen LogP contribution in [0.15, 0.2) is 12.2 Å². The average Bonchev–Trinajstić information content (AvgIpc) is 2.03. The van der Waals surface area contributed by atoms with E-state index >= 15 is 0 Å². The first-order chi connectivity index (χ1) is 5.64. The molecule has 0 nitrogen and oxygen atoms in total. The van der Waals surface area contributed by atoms with E-state index in [1.165, 1.54) is 25.7 Å². The molecule has 0 unspecified atom stereocenters. The maximum atomic E-state index is 3.41. The predicted molar refractivity (Wildman–Crippen MR) is 58.7 cm³/mol. The zero-order valence-electron chi connectivity index (χ0n) is 8.15. The minimum absolute atomic E-state index is 0.610.